The van der Waals surface area contributed by atoms with Crippen molar-refractivity contribution in [3.63, 3.8) is 0 Å². The number of aliphatic hydroxyl groups excluding tert-OH is 1. The fourth-order valence-electron chi connectivity index (χ4n) is 1.28. The lowest BCUT2D eigenvalue weighted by Crippen LogP contribution is -2.28. The number of hydrogen-bond acceptors (Lipinski definition) is 3. The molecule has 2 atom stereocenters. The highest BCUT2D eigenvalue weighted by Crippen LogP contribution is 2.04. The number of nitrogens with one attached hydrogen (secondary N) is 1. The first kappa shape index (κ1) is 12.9. The molecule has 0 rings (SSSR count). The third-order valence-corrected chi connectivity index (χ3v) is 1.93. The average molecular weight is 189 g/mol. The van der Waals surface area contributed by atoms with Gasteiger partial charge < -0.3 is 15.2 Å². The largest absolute Gasteiger partial charge is 0.389 e. The molecule has 0 amide bonds. The Bertz CT molecular complexity index is 97.1. The van der Waals surface area contributed by atoms with E-state index in [0.29, 0.717) is 19.1 Å². The van der Waals surface area contributed by atoms with Gasteiger partial charge >= 0.3 is 0 Å². The zero-order valence-electron chi connectivity index (χ0n) is 9.05. The lowest BCUT2D eigenvalue weighted by atomic mass is 10.1. The molecule has 0 saturated heterocycles. The van der Waals surface area contributed by atoms with Gasteiger partial charge in [0, 0.05) is 13.2 Å². The molecule has 2 unspecified atom stereocenters. The Morgan fingerprint density at radius 1 is 1.38 bits per heavy atom. The highest BCUT2D eigenvalue weighted by Gasteiger charge is 2.04. The van der Waals surface area contributed by atoms with Crippen LogP contribution in [0.25, 0.3) is 0 Å². The second-order valence-corrected chi connectivity index (χ2v) is 3.64. The Hall–Kier alpha value is -0.120. The molecule has 0 heterocycles. The second-order valence-electron chi connectivity index (χ2n) is 3.64. The van der Waals surface area contributed by atoms with Crippen LogP contribution >= 0.6 is 0 Å². The van der Waals surface area contributed by atoms with Gasteiger partial charge in [0.1, 0.15) is 0 Å². The molecule has 0 spiro atoms. The Morgan fingerprint density at radius 3 is 2.62 bits per heavy atom. The fraction of sp³-hybridized carbons (Fsp3) is 1.00. The number of likely N-dealkylation sites (N-methyl/N-ethyl adjacent to an activating group) is 1. The number of aliphatic hydroxyl groups is 1. The summed E-state index contributed by atoms with van der Waals surface area (Å²) in [6.07, 6.45) is 2.02. The van der Waals surface area contributed by atoms with Gasteiger partial charge in [-0.25, -0.2) is 0 Å². The van der Waals surface area contributed by atoms with Crippen molar-refractivity contribution in [2.24, 2.45) is 5.92 Å². The van der Waals surface area contributed by atoms with Crippen molar-refractivity contribution in [3.8, 4) is 0 Å². The summed E-state index contributed by atoms with van der Waals surface area (Å²) in [7, 11) is 1.82. The third kappa shape index (κ3) is 8.22. The topological polar surface area (TPSA) is 41.5 Å². The predicted octanol–water partition coefficient (Wildman–Crippen LogP) is 1.02. The van der Waals surface area contributed by atoms with Gasteiger partial charge in [-0.15, -0.1) is 0 Å². The second kappa shape index (κ2) is 8.48. The minimum Gasteiger partial charge on any atom is -0.389 e. The van der Waals surface area contributed by atoms with E-state index in [0.717, 1.165) is 6.61 Å². The van der Waals surface area contributed by atoms with Gasteiger partial charge in [0.05, 0.1) is 12.7 Å². The van der Waals surface area contributed by atoms with E-state index in [1.165, 1.54) is 12.8 Å². The summed E-state index contributed by atoms with van der Waals surface area (Å²) in [5.41, 5.74) is 0. The van der Waals surface area contributed by atoms with Crippen LogP contribution in [0.3, 0.4) is 0 Å². The van der Waals surface area contributed by atoms with Crippen LogP contribution in [-0.2, 0) is 4.74 Å². The van der Waals surface area contributed by atoms with E-state index in [9.17, 15) is 5.11 Å². The first-order valence-electron chi connectivity index (χ1n) is 5.11. The molecular formula is C10H23NO2. The summed E-state index contributed by atoms with van der Waals surface area (Å²) in [5.74, 6) is 0.604. The molecular weight excluding hydrogens is 166 g/mol. The molecule has 0 aromatic rings. The molecule has 0 aliphatic rings. The standard InChI is InChI=1S/C10H23NO2/c1-4-5-9(2)7-13-8-10(12)6-11-3/h9-12H,4-8H2,1-3H3. The van der Waals surface area contributed by atoms with Crippen LogP contribution in [0.2, 0.25) is 0 Å². The monoisotopic (exact) mass is 189 g/mol. The summed E-state index contributed by atoms with van der Waals surface area (Å²) < 4.78 is 5.37. The summed E-state index contributed by atoms with van der Waals surface area (Å²) >= 11 is 0. The Balaban J connectivity index is 3.23. The quantitative estimate of drug-likeness (QED) is 0.599. The van der Waals surface area contributed by atoms with E-state index in [2.05, 4.69) is 19.2 Å². The molecule has 2 N–H and O–H groups in total. The number of hydrogen-bond donors (Lipinski definition) is 2. The Morgan fingerprint density at radius 2 is 2.08 bits per heavy atom. The summed E-state index contributed by atoms with van der Waals surface area (Å²) in [6, 6.07) is 0. The van der Waals surface area contributed by atoms with Crippen LogP contribution in [0, 0.1) is 5.92 Å². The number of ether oxygens (including phenoxy) is 1. The van der Waals surface area contributed by atoms with Crippen molar-refractivity contribution in [1.82, 2.24) is 5.32 Å². The maximum atomic E-state index is 9.30. The molecule has 0 aromatic heterocycles. The van der Waals surface area contributed by atoms with Crippen LogP contribution in [0.4, 0.5) is 0 Å². The van der Waals surface area contributed by atoms with Crippen molar-refractivity contribution >= 4 is 0 Å². The molecule has 0 bridgehead atoms. The maximum absolute atomic E-state index is 9.30. The molecule has 3 nitrogen and oxygen atoms in total. The van der Waals surface area contributed by atoms with Crippen LogP contribution in [0.5, 0.6) is 0 Å². The van der Waals surface area contributed by atoms with Gasteiger partial charge in [-0.05, 0) is 19.4 Å². The SMILES string of the molecule is CCCC(C)COCC(O)CNC. The molecule has 0 saturated carbocycles. The van der Waals surface area contributed by atoms with Crippen LogP contribution < -0.4 is 5.32 Å². The molecule has 0 radical (unpaired) electrons. The smallest absolute Gasteiger partial charge is 0.0897 e. The van der Waals surface area contributed by atoms with E-state index in [4.69, 9.17) is 4.74 Å². The molecule has 3 heteroatoms. The van der Waals surface area contributed by atoms with Crippen molar-refractivity contribution in [2.45, 2.75) is 32.8 Å². The van der Waals surface area contributed by atoms with Crippen molar-refractivity contribution in [2.75, 3.05) is 26.8 Å². The summed E-state index contributed by atoms with van der Waals surface area (Å²) in [4.78, 5) is 0. The van der Waals surface area contributed by atoms with E-state index in [1.54, 1.807) is 0 Å². The normalized spacial score (nSPS) is 15.7. The molecule has 0 aliphatic heterocycles. The Kier molecular flexibility index (Phi) is 8.40. The van der Waals surface area contributed by atoms with Crippen molar-refractivity contribution in [1.29, 1.82) is 0 Å². The minimum atomic E-state index is -0.376. The average Bonchev–Trinajstić information content (AvgIpc) is 2.05. The maximum Gasteiger partial charge on any atom is 0.0897 e. The van der Waals surface area contributed by atoms with E-state index >= 15 is 0 Å². The fourth-order valence-corrected chi connectivity index (χ4v) is 1.28. The van der Waals surface area contributed by atoms with Crippen molar-refractivity contribution < 1.29 is 9.84 Å². The van der Waals surface area contributed by atoms with Gasteiger partial charge in [-0.2, -0.15) is 0 Å². The van der Waals surface area contributed by atoms with E-state index in [1.807, 2.05) is 7.05 Å². The van der Waals surface area contributed by atoms with E-state index < -0.39 is 0 Å². The molecule has 13 heavy (non-hydrogen) atoms. The van der Waals surface area contributed by atoms with Gasteiger partial charge in [0.15, 0.2) is 0 Å². The summed E-state index contributed by atoms with van der Waals surface area (Å²) in [6.45, 7) is 6.14. The minimum absolute atomic E-state index is 0.376. The van der Waals surface area contributed by atoms with Gasteiger partial charge in [-0.1, -0.05) is 20.3 Å². The third-order valence-electron chi connectivity index (χ3n) is 1.93. The molecule has 0 aromatic carbocycles. The Labute approximate surface area is 81.5 Å². The van der Waals surface area contributed by atoms with Gasteiger partial charge in [-0.3, -0.25) is 0 Å². The molecule has 0 fully saturated rings. The zero-order chi connectivity index (χ0) is 10.1. The van der Waals surface area contributed by atoms with Crippen LogP contribution in [-0.4, -0.2) is 38.0 Å². The first-order valence-corrected chi connectivity index (χ1v) is 5.11. The van der Waals surface area contributed by atoms with Gasteiger partial charge in [0.25, 0.3) is 0 Å². The van der Waals surface area contributed by atoms with E-state index in [-0.39, 0.29) is 6.10 Å². The lowest BCUT2D eigenvalue weighted by molar-refractivity contribution is 0.0235. The zero-order valence-corrected chi connectivity index (χ0v) is 9.05. The van der Waals surface area contributed by atoms with Gasteiger partial charge in [0.2, 0.25) is 0 Å². The predicted molar refractivity (Wildman–Crippen MR) is 54.8 cm³/mol. The van der Waals surface area contributed by atoms with Crippen LogP contribution in [0.15, 0.2) is 0 Å². The molecule has 80 valence electrons. The first-order chi connectivity index (χ1) is 6.20. The number of rotatable bonds is 8. The van der Waals surface area contributed by atoms with Crippen molar-refractivity contribution in [3.05, 3.63) is 0 Å². The highest BCUT2D eigenvalue weighted by atomic mass is 16.5. The van der Waals surface area contributed by atoms with Crippen LogP contribution in [0.1, 0.15) is 26.7 Å². The summed E-state index contributed by atoms with van der Waals surface area (Å²) in [5, 5.41) is 12.2. The molecule has 0 aliphatic carbocycles. The lowest BCUT2D eigenvalue weighted by Gasteiger charge is -2.13. The highest BCUT2D eigenvalue weighted by molar-refractivity contribution is 4.56.